The molecular formula is C38H38N4O8S2. The van der Waals surface area contributed by atoms with E-state index in [2.05, 4.69) is 21.3 Å². The number of para-hydroxylation sites is 2. The molecule has 0 aliphatic heterocycles. The highest BCUT2D eigenvalue weighted by Gasteiger charge is 2.24. The Labute approximate surface area is 303 Å². The second kappa shape index (κ2) is 15.2. The number of hydrogen-bond acceptors (Lipinski definition) is 8. The lowest BCUT2D eigenvalue weighted by Crippen LogP contribution is -2.23. The number of carbonyl (C=O) groups is 2. The summed E-state index contributed by atoms with van der Waals surface area (Å²) in [5.74, 6) is 0.149. The van der Waals surface area contributed by atoms with Gasteiger partial charge in [0.2, 0.25) is 0 Å². The number of urea groups is 2. The second-order valence-corrected chi connectivity index (χ2v) is 15.2. The number of anilines is 4. The molecular weight excluding hydrogens is 705 g/mol. The van der Waals surface area contributed by atoms with E-state index in [1.54, 1.807) is 76.2 Å². The number of aryl methyl sites for hydroxylation is 6. The number of carbonyl (C=O) groups excluding carboxylic acids is 2. The average molecular weight is 743 g/mol. The molecule has 4 N–H and O–H groups in total. The summed E-state index contributed by atoms with van der Waals surface area (Å²) in [7, 11) is -8.18. The van der Waals surface area contributed by atoms with Gasteiger partial charge in [-0.3, -0.25) is 0 Å². The first kappa shape index (κ1) is 37.4. The van der Waals surface area contributed by atoms with Crippen molar-refractivity contribution in [3.8, 4) is 11.5 Å². The van der Waals surface area contributed by atoms with Crippen molar-refractivity contribution in [1.82, 2.24) is 0 Å². The Morgan fingerprint density at radius 2 is 0.769 bits per heavy atom. The van der Waals surface area contributed by atoms with E-state index in [4.69, 9.17) is 8.37 Å². The summed E-state index contributed by atoms with van der Waals surface area (Å²) in [6.07, 6.45) is 0. The van der Waals surface area contributed by atoms with E-state index >= 15 is 0 Å². The normalized spacial score (nSPS) is 11.3. The lowest BCUT2D eigenvalue weighted by Gasteiger charge is -2.15. The Morgan fingerprint density at radius 1 is 0.462 bits per heavy atom. The summed E-state index contributed by atoms with van der Waals surface area (Å²) in [6, 6.07) is 24.1. The zero-order chi connectivity index (χ0) is 37.8. The summed E-state index contributed by atoms with van der Waals surface area (Å²) in [5.41, 5.74) is 5.52. The maximum absolute atomic E-state index is 13.0. The Bertz CT molecular complexity index is 2160. The van der Waals surface area contributed by atoms with Gasteiger partial charge < -0.3 is 29.6 Å². The summed E-state index contributed by atoms with van der Waals surface area (Å²) in [6.45, 7) is 10.6. The SMILES string of the molecule is Cc1cc(C)c(S(=O)(=O)Oc2ccc(NC(=O)Nc3ccccc3NC(=O)Nc3ccc(OS(=O)(=O)c4c(C)cc(C)cc4C)cc3)cc2)c(C)c1. The molecule has 0 spiro atoms. The Hall–Kier alpha value is -5.86. The van der Waals surface area contributed by atoms with Crippen LogP contribution in [0.1, 0.15) is 33.4 Å². The standard InChI is InChI=1S/C38H38N4O8S2/c1-23-19-25(3)35(26(4)20-23)51(45,46)49-31-15-11-29(12-16-31)39-37(43)41-33-9-7-8-10-34(33)42-38(44)40-30-13-17-32(18-14-30)50-52(47,48)36-27(5)21-24(2)22-28(36)6/h7-22H,1-6H3,(H2,39,41,43)(H2,40,42,44). The number of benzene rings is 5. The van der Waals surface area contributed by atoms with Crippen LogP contribution in [-0.4, -0.2) is 28.9 Å². The molecule has 0 atom stereocenters. The van der Waals surface area contributed by atoms with Crippen molar-refractivity contribution in [2.24, 2.45) is 0 Å². The van der Waals surface area contributed by atoms with Crippen molar-refractivity contribution >= 4 is 55.0 Å². The first-order valence-corrected chi connectivity index (χ1v) is 18.8. The van der Waals surface area contributed by atoms with Crippen molar-refractivity contribution in [1.29, 1.82) is 0 Å². The zero-order valence-corrected chi connectivity index (χ0v) is 31.0. The van der Waals surface area contributed by atoms with Gasteiger partial charge in [-0.15, -0.1) is 0 Å². The fourth-order valence-corrected chi connectivity index (χ4v) is 8.63. The van der Waals surface area contributed by atoms with Crippen LogP contribution in [0, 0.1) is 41.5 Å². The largest absolute Gasteiger partial charge is 0.379 e. The van der Waals surface area contributed by atoms with Crippen LogP contribution in [0.15, 0.2) is 107 Å². The van der Waals surface area contributed by atoms with Gasteiger partial charge in [0, 0.05) is 11.4 Å². The molecule has 0 saturated heterocycles. The molecule has 0 saturated carbocycles. The molecule has 5 aromatic rings. The minimum Gasteiger partial charge on any atom is -0.379 e. The van der Waals surface area contributed by atoms with Gasteiger partial charge in [-0.25, -0.2) is 9.59 Å². The molecule has 0 aromatic heterocycles. The van der Waals surface area contributed by atoms with E-state index in [9.17, 15) is 26.4 Å². The Kier molecular flexibility index (Phi) is 10.9. The van der Waals surface area contributed by atoms with Crippen LogP contribution in [0.25, 0.3) is 0 Å². The second-order valence-electron chi connectivity index (χ2n) is 12.3. The molecule has 0 heterocycles. The third-order valence-corrected chi connectivity index (χ3v) is 10.9. The smallest absolute Gasteiger partial charge is 0.339 e. The summed E-state index contributed by atoms with van der Waals surface area (Å²) in [5, 5.41) is 10.7. The first-order valence-electron chi connectivity index (χ1n) is 16.0. The number of nitrogens with one attached hydrogen (secondary N) is 4. The third kappa shape index (κ3) is 9.08. The van der Waals surface area contributed by atoms with Gasteiger partial charge in [-0.05, 0) is 124 Å². The Balaban J connectivity index is 1.17. The van der Waals surface area contributed by atoms with Crippen molar-refractivity contribution in [3.05, 3.63) is 130 Å². The van der Waals surface area contributed by atoms with Crippen molar-refractivity contribution in [2.75, 3.05) is 21.3 Å². The maximum atomic E-state index is 13.0. The molecule has 0 bridgehead atoms. The van der Waals surface area contributed by atoms with Crippen LogP contribution >= 0.6 is 0 Å². The number of rotatable bonds is 10. The van der Waals surface area contributed by atoms with Crippen LogP contribution in [0.5, 0.6) is 11.5 Å². The lowest BCUT2D eigenvalue weighted by atomic mass is 10.1. The summed E-state index contributed by atoms with van der Waals surface area (Å²) < 4.78 is 62.7. The highest BCUT2D eigenvalue weighted by Crippen LogP contribution is 2.29. The fourth-order valence-electron chi connectivity index (χ4n) is 5.92. The van der Waals surface area contributed by atoms with Crippen molar-refractivity contribution < 1.29 is 34.8 Å². The van der Waals surface area contributed by atoms with Crippen molar-refractivity contribution in [3.63, 3.8) is 0 Å². The molecule has 0 unspecified atom stereocenters. The first-order chi connectivity index (χ1) is 24.5. The van der Waals surface area contributed by atoms with E-state index in [1.807, 2.05) is 13.8 Å². The highest BCUT2D eigenvalue weighted by atomic mass is 32.2. The minimum absolute atomic E-state index is 0.0745. The molecule has 0 fully saturated rings. The van der Waals surface area contributed by atoms with Crippen LogP contribution in [-0.2, 0) is 20.2 Å². The predicted molar refractivity (Wildman–Crippen MR) is 202 cm³/mol. The van der Waals surface area contributed by atoms with Crippen molar-refractivity contribution in [2.45, 2.75) is 51.3 Å². The van der Waals surface area contributed by atoms with Gasteiger partial charge >= 0.3 is 32.3 Å². The molecule has 52 heavy (non-hydrogen) atoms. The van der Waals surface area contributed by atoms with Crippen LogP contribution in [0.3, 0.4) is 0 Å². The van der Waals surface area contributed by atoms with Gasteiger partial charge in [0.05, 0.1) is 11.4 Å². The zero-order valence-electron chi connectivity index (χ0n) is 29.3. The molecule has 0 radical (unpaired) electrons. The van der Waals surface area contributed by atoms with Crippen LogP contribution in [0.2, 0.25) is 0 Å². The van der Waals surface area contributed by atoms with E-state index in [1.165, 1.54) is 48.5 Å². The molecule has 5 aromatic carbocycles. The molecule has 5 rings (SSSR count). The van der Waals surface area contributed by atoms with E-state index in [0.29, 0.717) is 45.0 Å². The van der Waals surface area contributed by atoms with Gasteiger partial charge in [0.15, 0.2) is 0 Å². The van der Waals surface area contributed by atoms with Gasteiger partial charge in [-0.1, -0.05) is 47.5 Å². The molecule has 270 valence electrons. The third-order valence-electron chi connectivity index (χ3n) is 7.77. The topological polar surface area (TPSA) is 169 Å². The molecule has 4 amide bonds. The van der Waals surface area contributed by atoms with E-state index in [-0.39, 0.29) is 21.3 Å². The molecule has 0 aliphatic rings. The quantitative estimate of drug-likeness (QED) is 0.104. The molecule has 0 aliphatic carbocycles. The average Bonchev–Trinajstić information content (AvgIpc) is 3.02. The van der Waals surface area contributed by atoms with Crippen LogP contribution in [0.4, 0.5) is 32.3 Å². The van der Waals surface area contributed by atoms with Gasteiger partial charge in [0.25, 0.3) is 0 Å². The predicted octanol–water partition coefficient (Wildman–Crippen LogP) is 8.36. The summed E-state index contributed by atoms with van der Waals surface area (Å²) >= 11 is 0. The maximum Gasteiger partial charge on any atom is 0.339 e. The summed E-state index contributed by atoms with van der Waals surface area (Å²) in [4.78, 5) is 25.9. The van der Waals surface area contributed by atoms with Gasteiger partial charge in [0.1, 0.15) is 21.3 Å². The monoisotopic (exact) mass is 742 g/mol. The van der Waals surface area contributed by atoms with Crippen LogP contribution < -0.4 is 29.6 Å². The minimum atomic E-state index is -4.09. The molecule has 12 nitrogen and oxygen atoms in total. The van der Waals surface area contributed by atoms with E-state index < -0.39 is 32.3 Å². The number of amides is 4. The van der Waals surface area contributed by atoms with E-state index in [0.717, 1.165) is 11.1 Å². The number of hydrogen-bond donors (Lipinski definition) is 4. The lowest BCUT2D eigenvalue weighted by molar-refractivity contribution is 0.261. The Morgan fingerprint density at radius 3 is 1.08 bits per heavy atom. The van der Waals surface area contributed by atoms with Gasteiger partial charge in [-0.2, -0.15) is 16.8 Å². The fraction of sp³-hybridized carbons (Fsp3) is 0.158. The molecule has 14 heteroatoms. The highest BCUT2D eigenvalue weighted by molar-refractivity contribution is 7.87.